The van der Waals surface area contributed by atoms with Crippen molar-refractivity contribution in [2.75, 3.05) is 4.90 Å². The van der Waals surface area contributed by atoms with Gasteiger partial charge in [0.25, 0.3) is 0 Å². The van der Waals surface area contributed by atoms with Gasteiger partial charge in [0.15, 0.2) is 0 Å². The summed E-state index contributed by atoms with van der Waals surface area (Å²) in [5, 5.41) is 6.27. The third kappa shape index (κ3) is 4.75. The molecule has 2 heterocycles. The first-order valence-corrected chi connectivity index (χ1v) is 17.4. The monoisotopic (exact) mass is 685 g/mol. The van der Waals surface area contributed by atoms with Gasteiger partial charge in [0.1, 0.15) is 22.3 Å². The van der Waals surface area contributed by atoms with Crippen molar-refractivity contribution in [3.63, 3.8) is 0 Å². The maximum absolute atomic E-state index is 9.68. The van der Waals surface area contributed by atoms with E-state index in [1.807, 2.05) is 97.1 Å². The molecule has 3 heteroatoms. The predicted molar refractivity (Wildman–Crippen MR) is 222 cm³/mol. The number of nitrogens with zero attached hydrogens (tertiary/aromatic N) is 1. The lowest BCUT2D eigenvalue weighted by atomic mass is 9.98. The van der Waals surface area contributed by atoms with Crippen molar-refractivity contribution in [3.05, 3.63) is 188 Å². The fraction of sp³-hybridized carbons (Fsp3) is 0. The Morgan fingerprint density at radius 2 is 1.02 bits per heavy atom. The predicted octanol–water partition coefficient (Wildman–Crippen LogP) is 14.6. The topological polar surface area (TPSA) is 29.5 Å². The molecule has 3 nitrogen and oxygen atoms in total. The summed E-state index contributed by atoms with van der Waals surface area (Å²) in [6.45, 7) is 0. The third-order valence-electron chi connectivity index (χ3n) is 10.0. The Labute approximate surface area is 316 Å². The summed E-state index contributed by atoms with van der Waals surface area (Å²) in [4.78, 5) is 1.36. The Morgan fingerprint density at radius 1 is 0.396 bits per heavy atom. The Hall–Kier alpha value is -7.10. The molecule has 0 bridgehead atoms. The van der Waals surface area contributed by atoms with E-state index in [-0.39, 0.29) is 46.7 Å². The fourth-order valence-corrected chi connectivity index (χ4v) is 7.51. The van der Waals surface area contributed by atoms with E-state index in [1.54, 1.807) is 42.5 Å². The van der Waals surface area contributed by atoms with Crippen LogP contribution in [0.3, 0.4) is 0 Å². The van der Waals surface area contributed by atoms with Crippen molar-refractivity contribution in [3.8, 4) is 22.3 Å². The van der Waals surface area contributed by atoms with Crippen molar-refractivity contribution in [1.82, 2.24) is 0 Å². The van der Waals surface area contributed by atoms with Crippen LogP contribution in [0.5, 0.6) is 0 Å². The molecule has 0 fully saturated rings. The van der Waals surface area contributed by atoms with Gasteiger partial charge < -0.3 is 13.7 Å². The van der Waals surface area contributed by atoms with Gasteiger partial charge in [-0.15, -0.1) is 0 Å². The highest BCUT2D eigenvalue weighted by atomic mass is 16.3. The lowest BCUT2D eigenvalue weighted by Gasteiger charge is -2.26. The van der Waals surface area contributed by atoms with E-state index in [0.717, 1.165) is 32.3 Å². The number of para-hydroxylation sites is 1. The molecule has 248 valence electrons. The van der Waals surface area contributed by atoms with Gasteiger partial charge in [-0.3, -0.25) is 0 Å². The van der Waals surface area contributed by atoms with Crippen LogP contribution in [0.15, 0.2) is 197 Å². The van der Waals surface area contributed by atoms with E-state index in [2.05, 4.69) is 0 Å². The molecule has 0 aliphatic heterocycles. The van der Waals surface area contributed by atoms with Gasteiger partial charge in [-0.2, -0.15) is 0 Å². The minimum Gasteiger partial charge on any atom is -0.456 e. The molecular formula is C50H31NO2. The van der Waals surface area contributed by atoms with Crippen LogP contribution < -0.4 is 4.90 Å². The molecule has 0 unspecified atom stereocenters. The summed E-state index contributed by atoms with van der Waals surface area (Å²) in [6.07, 6.45) is 0. The smallest absolute Gasteiger partial charge is 0.143 e. The van der Waals surface area contributed by atoms with Crippen LogP contribution >= 0.6 is 0 Å². The van der Waals surface area contributed by atoms with Crippen molar-refractivity contribution in [2.24, 2.45) is 0 Å². The molecule has 9 aromatic carbocycles. The maximum Gasteiger partial charge on any atom is 0.143 e. The number of hydrogen-bond acceptors (Lipinski definition) is 3. The van der Waals surface area contributed by atoms with Crippen LogP contribution in [0.2, 0.25) is 0 Å². The van der Waals surface area contributed by atoms with E-state index in [1.165, 1.54) is 4.90 Å². The summed E-state index contributed by atoms with van der Waals surface area (Å²) in [5.41, 5.74) is 3.30. The largest absolute Gasteiger partial charge is 0.456 e. The summed E-state index contributed by atoms with van der Waals surface area (Å²) < 4.78 is 89.3. The van der Waals surface area contributed by atoms with Crippen LogP contribution in [0.4, 0.5) is 17.1 Å². The Bertz CT molecular complexity index is 3600. The quantitative estimate of drug-likeness (QED) is 0.181. The number of hydrogen-bond donors (Lipinski definition) is 0. The van der Waals surface area contributed by atoms with Crippen molar-refractivity contribution in [2.45, 2.75) is 0 Å². The lowest BCUT2D eigenvalue weighted by molar-refractivity contribution is 0.669. The van der Waals surface area contributed by atoms with Gasteiger partial charge >= 0.3 is 0 Å². The highest BCUT2D eigenvalue weighted by Gasteiger charge is 2.21. The Kier molecular flexibility index (Phi) is 5.01. The molecule has 0 saturated carbocycles. The fourth-order valence-electron chi connectivity index (χ4n) is 7.51. The zero-order chi connectivity index (χ0) is 41.8. The molecule has 11 aromatic rings. The normalized spacial score (nSPS) is 13.9. The SMILES string of the molecule is [2H]c1c([2H])c(N(c2c([2H])c([2H])c(-c3cccc4ccccc34)c([2H])c2[2H])c2cccc3oc4c5ccccc5ccc4c23)c([2H])c([2H])c1-c1ccc2oc3ccccc3c2c1. The van der Waals surface area contributed by atoms with Crippen LogP contribution in [0.1, 0.15) is 11.0 Å². The van der Waals surface area contributed by atoms with Crippen molar-refractivity contribution >= 4 is 82.5 Å². The van der Waals surface area contributed by atoms with E-state index in [9.17, 15) is 11.0 Å². The molecule has 0 atom stereocenters. The molecule has 0 N–H and O–H groups in total. The minimum atomic E-state index is -0.432. The van der Waals surface area contributed by atoms with E-state index < -0.39 is 24.2 Å². The van der Waals surface area contributed by atoms with Gasteiger partial charge in [-0.25, -0.2) is 0 Å². The highest BCUT2D eigenvalue weighted by Crippen LogP contribution is 2.45. The molecule has 0 aliphatic rings. The number of rotatable bonds is 5. The summed E-state index contributed by atoms with van der Waals surface area (Å²) in [7, 11) is 0. The van der Waals surface area contributed by atoms with Crippen LogP contribution in [-0.2, 0) is 0 Å². The van der Waals surface area contributed by atoms with Gasteiger partial charge in [-0.05, 0) is 99.0 Å². The molecule has 53 heavy (non-hydrogen) atoms. The second kappa shape index (κ2) is 11.7. The molecule has 2 aromatic heterocycles. The van der Waals surface area contributed by atoms with E-state index >= 15 is 0 Å². The van der Waals surface area contributed by atoms with Crippen LogP contribution in [0, 0.1) is 0 Å². The maximum atomic E-state index is 9.68. The summed E-state index contributed by atoms with van der Waals surface area (Å²) in [6, 6.07) is 39.8. The molecule has 0 aliphatic carbocycles. The first-order valence-electron chi connectivity index (χ1n) is 21.4. The van der Waals surface area contributed by atoms with E-state index in [0.29, 0.717) is 49.9 Å². The molecule has 0 saturated heterocycles. The zero-order valence-corrected chi connectivity index (χ0v) is 28.0. The lowest BCUT2D eigenvalue weighted by Crippen LogP contribution is -2.10. The standard InChI is InChI=1S/C50H31NO2/c1-3-12-39-33(9-1)11-7-15-40(39)35-21-27-38(28-22-35)51(45-16-8-18-48-49(45)43-29-23-34-10-2-4-13-41(34)50(43)53-48)37-25-19-32(20-26-37)36-24-30-47-44(31-36)42-14-5-6-17-46(42)52-47/h1-31H/i19D,20D,21D,22D,25D,26D,27D,28D. The number of benzene rings is 9. The van der Waals surface area contributed by atoms with Crippen molar-refractivity contribution in [1.29, 1.82) is 0 Å². The summed E-state index contributed by atoms with van der Waals surface area (Å²) in [5.74, 6) is 0. The Balaban J connectivity index is 1.22. The Morgan fingerprint density at radius 3 is 1.83 bits per heavy atom. The van der Waals surface area contributed by atoms with E-state index in [4.69, 9.17) is 8.83 Å². The zero-order valence-electron chi connectivity index (χ0n) is 36.0. The van der Waals surface area contributed by atoms with Gasteiger partial charge in [0, 0.05) is 32.9 Å². The average Bonchev–Trinajstić information content (AvgIpc) is 3.86. The number of fused-ring (bicyclic) bond motifs is 9. The second-order valence-electron chi connectivity index (χ2n) is 13.0. The van der Waals surface area contributed by atoms with Crippen LogP contribution in [0.25, 0.3) is 87.7 Å². The average molecular weight is 686 g/mol. The van der Waals surface area contributed by atoms with Crippen LogP contribution in [-0.4, -0.2) is 0 Å². The van der Waals surface area contributed by atoms with Crippen molar-refractivity contribution < 1.29 is 19.8 Å². The number of furan rings is 2. The van der Waals surface area contributed by atoms with Gasteiger partial charge in [0.05, 0.1) is 22.0 Å². The molecular weight excluding hydrogens is 647 g/mol. The third-order valence-corrected chi connectivity index (χ3v) is 10.0. The molecule has 0 amide bonds. The second-order valence-corrected chi connectivity index (χ2v) is 13.0. The minimum absolute atomic E-state index is 0.0650. The van der Waals surface area contributed by atoms with Gasteiger partial charge in [-0.1, -0.05) is 127 Å². The molecule has 0 radical (unpaired) electrons. The number of anilines is 3. The first kappa shape index (κ1) is 22.7. The summed E-state index contributed by atoms with van der Waals surface area (Å²) >= 11 is 0. The molecule has 11 rings (SSSR count). The van der Waals surface area contributed by atoms with Gasteiger partial charge in [0.2, 0.25) is 0 Å². The highest BCUT2D eigenvalue weighted by molar-refractivity contribution is 6.19. The first-order chi connectivity index (χ1) is 29.6. The molecule has 0 spiro atoms.